The fourth-order valence-corrected chi connectivity index (χ4v) is 1.27. The van der Waals surface area contributed by atoms with Gasteiger partial charge in [0, 0.05) is 13.7 Å². The normalized spacial score (nSPS) is 13.2. The van der Waals surface area contributed by atoms with Crippen LogP contribution in [0.4, 0.5) is 0 Å². The topological polar surface area (TPSA) is 47.1 Å². The van der Waals surface area contributed by atoms with Gasteiger partial charge in [0.15, 0.2) is 6.29 Å². The Hall–Kier alpha value is -0.390. The summed E-state index contributed by atoms with van der Waals surface area (Å²) < 4.78 is 11.2. The van der Waals surface area contributed by atoms with Crippen LogP contribution in [0.1, 0.15) is 18.8 Å². The second kappa shape index (κ2) is 4.59. The van der Waals surface area contributed by atoms with Crippen LogP contribution in [0.5, 0.6) is 0 Å². The van der Waals surface area contributed by atoms with E-state index in [4.69, 9.17) is 9.47 Å². The highest BCUT2D eigenvalue weighted by Gasteiger charge is 2.14. The second-order valence-electron chi connectivity index (χ2n) is 2.16. The van der Waals surface area contributed by atoms with Crippen LogP contribution in [0.3, 0.4) is 0 Å². The van der Waals surface area contributed by atoms with E-state index in [0.717, 1.165) is 10.2 Å². The number of nitrogens with zero attached hydrogens (tertiary/aromatic N) is 1. The van der Waals surface area contributed by atoms with Gasteiger partial charge in [0.2, 0.25) is 0 Å². The number of H-pyrrole nitrogens is 1. The van der Waals surface area contributed by atoms with Crippen molar-refractivity contribution in [2.24, 2.45) is 0 Å². The highest BCUT2D eigenvalue weighted by atomic mass is 79.9. The summed E-state index contributed by atoms with van der Waals surface area (Å²) in [6, 6.07) is 0. The lowest BCUT2D eigenvalue weighted by atomic mass is 10.3. The average molecular weight is 235 g/mol. The van der Waals surface area contributed by atoms with Crippen LogP contribution < -0.4 is 0 Å². The summed E-state index contributed by atoms with van der Waals surface area (Å²) >= 11 is 3.30. The van der Waals surface area contributed by atoms with Gasteiger partial charge in [-0.05, 0) is 22.9 Å². The van der Waals surface area contributed by atoms with Crippen LogP contribution in [0, 0.1) is 0 Å². The summed E-state index contributed by atoms with van der Waals surface area (Å²) in [5, 5.41) is 6.59. The van der Waals surface area contributed by atoms with E-state index >= 15 is 0 Å². The molecule has 1 atom stereocenters. The van der Waals surface area contributed by atoms with E-state index in [1.54, 1.807) is 13.3 Å². The van der Waals surface area contributed by atoms with Crippen molar-refractivity contribution in [3.63, 3.8) is 0 Å². The molecule has 5 heteroatoms. The quantitative estimate of drug-likeness (QED) is 0.810. The fourth-order valence-electron chi connectivity index (χ4n) is 0.880. The molecule has 0 radical (unpaired) electrons. The van der Waals surface area contributed by atoms with Gasteiger partial charge in [-0.25, -0.2) is 0 Å². The van der Waals surface area contributed by atoms with Crippen molar-refractivity contribution in [1.82, 2.24) is 10.2 Å². The van der Waals surface area contributed by atoms with Crippen molar-refractivity contribution in [2.75, 3.05) is 13.7 Å². The van der Waals surface area contributed by atoms with E-state index in [1.807, 2.05) is 6.92 Å². The van der Waals surface area contributed by atoms with E-state index in [9.17, 15) is 0 Å². The molecule has 1 aromatic heterocycles. The molecule has 0 fully saturated rings. The second-order valence-corrected chi connectivity index (χ2v) is 2.96. The van der Waals surface area contributed by atoms with Gasteiger partial charge in [-0.15, -0.1) is 0 Å². The first-order chi connectivity index (χ1) is 5.79. The molecule has 0 aromatic carbocycles. The van der Waals surface area contributed by atoms with Crippen molar-refractivity contribution in [2.45, 2.75) is 13.2 Å². The maximum Gasteiger partial charge on any atom is 0.187 e. The molecule has 0 spiro atoms. The van der Waals surface area contributed by atoms with Crippen LogP contribution in [-0.4, -0.2) is 23.9 Å². The highest BCUT2D eigenvalue weighted by molar-refractivity contribution is 9.10. The molecule has 12 heavy (non-hydrogen) atoms. The molecule has 0 bridgehead atoms. The number of aromatic amines is 1. The molecular formula is C7H11BrN2O2. The average Bonchev–Trinajstić information content (AvgIpc) is 2.47. The van der Waals surface area contributed by atoms with Gasteiger partial charge in [-0.3, -0.25) is 5.10 Å². The molecule has 68 valence electrons. The molecule has 0 aliphatic heterocycles. The van der Waals surface area contributed by atoms with E-state index in [0.29, 0.717) is 6.61 Å². The Labute approximate surface area is 79.4 Å². The third kappa shape index (κ3) is 2.06. The van der Waals surface area contributed by atoms with Crippen molar-refractivity contribution in [3.8, 4) is 0 Å². The molecule has 1 aromatic rings. The third-order valence-electron chi connectivity index (χ3n) is 1.41. The monoisotopic (exact) mass is 234 g/mol. The molecule has 1 heterocycles. The van der Waals surface area contributed by atoms with Gasteiger partial charge in [0.05, 0.1) is 11.8 Å². The van der Waals surface area contributed by atoms with Crippen LogP contribution in [0.2, 0.25) is 0 Å². The summed E-state index contributed by atoms with van der Waals surface area (Å²) in [5.74, 6) is 0. The standard InChI is InChI=1S/C7H11BrN2O2/c1-3-12-7(11-2)5-4-9-10-6(5)8/h4,7H,3H2,1-2H3,(H,9,10). The first-order valence-corrected chi connectivity index (χ1v) is 4.42. The number of methoxy groups -OCH3 is 1. The van der Waals surface area contributed by atoms with Crippen LogP contribution in [0.15, 0.2) is 10.8 Å². The number of halogens is 1. The van der Waals surface area contributed by atoms with Crippen LogP contribution in [0.25, 0.3) is 0 Å². The Balaban J connectivity index is 2.72. The minimum Gasteiger partial charge on any atom is -0.352 e. The van der Waals surface area contributed by atoms with Crippen molar-refractivity contribution in [1.29, 1.82) is 0 Å². The Morgan fingerprint density at radius 2 is 2.50 bits per heavy atom. The van der Waals surface area contributed by atoms with E-state index < -0.39 is 0 Å². The molecule has 0 saturated carbocycles. The Kier molecular flexibility index (Phi) is 3.71. The lowest BCUT2D eigenvalue weighted by Crippen LogP contribution is -2.05. The highest BCUT2D eigenvalue weighted by Crippen LogP contribution is 2.23. The minimum atomic E-state index is -0.344. The number of ether oxygens (including phenoxy) is 2. The first-order valence-electron chi connectivity index (χ1n) is 3.62. The molecule has 0 saturated heterocycles. The molecular weight excluding hydrogens is 224 g/mol. The number of nitrogens with one attached hydrogen (secondary N) is 1. The summed E-state index contributed by atoms with van der Waals surface area (Å²) in [6.45, 7) is 2.52. The summed E-state index contributed by atoms with van der Waals surface area (Å²) in [5.41, 5.74) is 0.874. The van der Waals surface area contributed by atoms with Gasteiger partial charge in [0.25, 0.3) is 0 Å². The summed E-state index contributed by atoms with van der Waals surface area (Å²) in [7, 11) is 1.60. The molecule has 0 amide bonds. The summed E-state index contributed by atoms with van der Waals surface area (Å²) in [6.07, 6.45) is 1.33. The van der Waals surface area contributed by atoms with Crippen molar-refractivity contribution >= 4 is 15.9 Å². The first kappa shape index (κ1) is 9.70. The number of aromatic nitrogens is 2. The van der Waals surface area contributed by atoms with E-state index in [-0.39, 0.29) is 6.29 Å². The molecule has 4 nitrogen and oxygen atoms in total. The van der Waals surface area contributed by atoms with Crippen LogP contribution >= 0.6 is 15.9 Å². The van der Waals surface area contributed by atoms with Gasteiger partial charge in [-0.2, -0.15) is 5.10 Å². The minimum absolute atomic E-state index is 0.344. The maximum absolute atomic E-state index is 5.30. The molecule has 1 rings (SSSR count). The summed E-state index contributed by atoms with van der Waals surface area (Å²) in [4.78, 5) is 0. The number of rotatable bonds is 4. The largest absolute Gasteiger partial charge is 0.352 e. The smallest absolute Gasteiger partial charge is 0.187 e. The number of hydrogen-bond acceptors (Lipinski definition) is 3. The van der Waals surface area contributed by atoms with Gasteiger partial charge in [-0.1, -0.05) is 0 Å². The zero-order valence-corrected chi connectivity index (χ0v) is 8.59. The predicted octanol–water partition coefficient (Wildman–Crippen LogP) is 1.85. The predicted molar refractivity (Wildman–Crippen MR) is 47.7 cm³/mol. The molecule has 0 aliphatic rings. The molecule has 1 N–H and O–H groups in total. The van der Waals surface area contributed by atoms with Gasteiger partial charge >= 0.3 is 0 Å². The lowest BCUT2D eigenvalue weighted by Gasteiger charge is -2.13. The lowest BCUT2D eigenvalue weighted by molar-refractivity contribution is -0.124. The van der Waals surface area contributed by atoms with Gasteiger partial charge in [0.1, 0.15) is 4.60 Å². The maximum atomic E-state index is 5.30. The van der Waals surface area contributed by atoms with Crippen molar-refractivity contribution < 1.29 is 9.47 Å². The Bertz CT molecular complexity index is 239. The van der Waals surface area contributed by atoms with Crippen molar-refractivity contribution in [3.05, 3.63) is 16.4 Å². The Morgan fingerprint density at radius 1 is 1.75 bits per heavy atom. The number of hydrogen-bond donors (Lipinski definition) is 1. The van der Waals surface area contributed by atoms with E-state index in [1.165, 1.54) is 0 Å². The zero-order chi connectivity index (χ0) is 8.97. The van der Waals surface area contributed by atoms with Crippen LogP contribution in [-0.2, 0) is 9.47 Å². The SMILES string of the molecule is CCOC(OC)c1cn[nH]c1Br. The Morgan fingerprint density at radius 3 is 2.92 bits per heavy atom. The van der Waals surface area contributed by atoms with Gasteiger partial charge < -0.3 is 9.47 Å². The van der Waals surface area contributed by atoms with E-state index in [2.05, 4.69) is 26.1 Å². The zero-order valence-electron chi connectivity index (χ0n) is 7.00. The molecule has 1 unspecified atom stereocenters. The fraction of sp³-hybridized carbons (Fsp3) is 0.571. The molecule has 0 aliphatic carbocycles. The third-order valence-corrected chi connectivity index (χ3v) is 2.04.